The number of hydrogen-bond donors (Lipinski definition) is 1. The largest absolute Gasteiger partial charge is 0.382 e. The highest BCUT2D eigenvalue weighted by molar-refractivity contribution is 7.62. The zero-order chi connectivity index (χ0) is 34.9. The van der Waals surface area contributed by atoms with Crippen molar-refractivity contribution in [2.45, 2.75) is 231 Å². The summed E-state index contributed by atoms with van der Waals surface area (Å²) in [6, 6.07) is 0. The zero-order valence-electron chi connectivity index (χ0n) is 32.5. The first-order valence-corrected chi connectivity index (χ1v) is 23.0. The molecule has 0 aromatic carbocycles. The van der Waals surface area contributed by atoms with Gasteiger partial charge < -0.3 is 9.59 Å². The van der Waals surface area contributed by atoms with Gasteiger partial charge in [0.05, 0.1) is 21.1 Å². The van der Waals surface area contributed by atoms with E-state index in [1.165, 1.54) is 167 Å². The molecular weight excluding hydrogens is 616 g/mol. The van der Waals surface area contributed by atoms with Gasteiger partial charge in [-0.1, -0.05) is 194 Å². The van der Waals surface area contributed by atoms with Gasteiger partial charge in [0.2, 0.25) is 0 Å². The summed E-state index contributed by atoms with van der Waals surface area (Å²) in [5.41, 5.74) is 0.460. The average molecular weight is 701 g/mol. The molecule has 0 aromatic rings. The lowest BCUT2D eigenvalue weighted by Crippen LogP contribution is -2.48. The van der Waals surface area contributed by atoms with Gasteiger partial charge in [0.1, 0.15) is 11.6 Å². The number of rotatable bonds is 38. The SMILES string of the molecule is CCCCCCCCCCCCCCCCCC(=O)PC(O)C(PC(=O)CCCCCCCCCCCCCCCCC)[N+](C)(C)C. The van der Waals surface area contributed by atoms with Gasteiger partial charge in [-0.05, 0) is 21.4 Å². The van der Waals surface area contributed by atoms with Crippen molar-refractivity contribution in [1.82, 2.24) is 0 Å². The van der Waals surface area contributed by atoms with Crippen LogP contribution in [0.5, 0.6) is 0 Å². The second-order valence-electron chi connectivity index (χ2n) is 15.5. The van der Waals surface area contributed by atoms with Gasteiger partial charge in [0, 0.05) is 21.4 Å². The number of likely N-dealkylation sites (N-methyl/N-ethyl adjacent to an activating group) is 1. The molecule has 280 valence electrons. The summed E-state index contributed by atoms with van der Waals surface area (Å²) in [6.07, 6.45) is 40.9. The quantitative estimate of drug-likeness (QED) is 0.0396. The summed E-state index contributed by atoms with van der Waals surface area (Å²) >= 11 is 0. The molecule has 0 saturated heterocycles. The van der Waals surface area contributed by atoms with E-state index < -0.39 is 5.85 Å². The molecule has 0 fully saturated rings. The topological polar surface area (TPSA) is 54.4 Å². The first-order valence-electron chi connectivity index (χ1n) is 20.8. The van der Waals surface area contributed by atoms with Crippen molar-refractivity contribution >= 4 is 28.2 Å². The Morgan fingerprint density at radius 3 is 0.915 bits per heavy atom. The minimum absolute atomic E-state index is 0.0781. The third kappa shape index (κ3) is 33.0. The van der Waals surface area contributed by atoms with Gasteiger partial charge in [-0.15, -0.1) is 0 Å². The van der Waals surface area contributed by atoms with Gasteiger partial charge in [0.25, 0.3) is 0 Å². The average Bonchev–Trinajstić information content (AvgIpc) is 3.03. The fourth-order valence-corrected chi connectivity index (χ4v) is 9.52. The van der Waals surface area contributed by atoms with Crippen molar-refractivity contribution in [3.05, 3.63) is 0 Å². The van der Waals surface area contributed by atoms with Gasteiger partial charge in [-0.2, -0.15) is 0 Å². The van der Waals surface area contributed by atoms with E-state index in [9.17, 15) is 14.7 Å². The molecule has 0 rings (SSSR count). The molecule has 0 aromatic heterocycles. The van der Waals surface area contributed by atoms with Crippen molar-refractivity contribution in [3.8, 4) is 0 Å². The smallest absolute Gasteiger partial charge is 0.157 e. The summed E-state index contributed by atoms with van der Waals surface area (Å²) in [6.45, 7) is 4.56. The number of quaternary nitrogens is 1. The molecule has 0 saturated carbocycles. The summed E-state index contributed by atoms with van der Waals surface area (Å²) in [5, 5.41) is 11.0. The summed E-state index contributed by atoms with van der Waals surface area (Å²) in [7, 11) is 6.12. The summed E-state index contributed by atoms with van der Waals surface area (Å²) < 4.78 is 0.531. The molecule has 47 heavy (non-hydrogen) atoms. The Morgan fingerprint density at radius 1 is 0.426 bits per heavy atom. The lowest BCUT2D eigenvalue weighted by atomic mass is 10.0. The van der Waals surface area contributed by atoms with Crippen LogP contribution in [0.25, 0.3) is 0 Å². The van der Waals surface area contributed by atoms with Crippen LogP contribution in [0.3, 0.4) is 0 Å². The molecule has 4 unspecified atom stereocenters. The Labute approximate surface area is 298 Å². The number of hydrogen-bond acceptors (Lipinski definition) is 3. The third-order valence-electron chi connectivity index (χ3n) is 9.77. The molecule has 0 bridgehead atoms. The van der Waals surface area contributed by atoms with Crippen molar-refractivity contribution < 1.29 is 19.2 Å². The van der Waals surface area contributed by atoms with E-state index in [1.807, 2.05) is 21.1 Å². The second-order valence-corrected chi connectivity index (χ2v) is 18.4. The molecule has 0 heterocycles. The lowest BCUT2D eigenvalue weighted by molar-refractivity contribution is -0.883. The number of carbonyl (C=O) groups is 2. The van der Waals surface area contributed by atoms with Crippen LogP contribution in [-0.2, 0) is 9.59 Å². The van der Waals surface area contributed by atoms with Crippen LogP contribution in [0, 0.1) is 0 Å². The van der Waals surface area contributed by atoms with Gasteiger partial charge in [0.15, 0.2) is 11.0 Å². The third-order valence-corrected chi connectivity index (χ3v) is 13.2. The Hall–Kier alpha value is 0.120. The maximum Gasteiger partial charge on any atom is 0.157 e. The van der Waals surface area contributed by atoms with E-state index in [0.717, 1.165) is 25.7 Å². The molecule has 6 heteroatoms. The molecule has 1 N–H and O–H groups in total. The molecule has 4 nitrogen and oxygen atoms in total. The molecule has 0 aliphatic rings. The van der Waals surface area contributed by atoms with Crippen LogP contribution in [0.4, 0.5) is 0 Å². The first-order chi connectivity index (χ1) is 22.7. The number of aliphatic hydroxyl groups excluding tert-OH is 1. The number of carbonyl (C=O) groups excluding carboxylic acids is 2. The highest BCUT2D eigenvalue weighted by atomic mass is 31.1. The highest BCUT2D eigenvalue weighted by Crippen LogP contribution is 2.38. The van der Waals surface area contributed by atoms with Crippen LogP contribution >= 0.6 is 17.2 Å². The Bertz CT molecular complexity index is 697. The Balaban J connectivity index is 3.86. The van der Waals surface area contributed by atoms with E-state index in [0.29, 0.717) is 17.3 Å². The maximum absolute atomic E-state index is 12.9. The molecular formula is C41H84NO3P2+. The molecule has 0 aliphatic carbocycles. The highest BCUT2D eigenvalue weighted by Gasteiger charge is 2.34. The molecule has 0 radical (unpaired) electrons. The minimum Gasteiger partial charge on any atom is -0.382 e. The first kappa shape index (κ1) is 47.1. The maximum atomic E-state index is 12.9. The van der Waals surface area contributed by atoms with E-state index >= 15 is 0 Å². The fourth-order valence-electron chi connectivity index (χ4n) is 6.56. The van der Waals surface area contributed by atoms with E-state index in [-0.39, 0.29) is 34.0 Å². The molecule has 0 aliphatic heterocycles. The van der Waals surface area contributed by atoms with Crippen LogP contribution < -0.4 is 0 Å². The fraction of sp³-hybridized carbons (Fsp3) is 0.951. The zero-order valence-corrected chi connectivity index (χ0v) is 34.5. The minimum atomic E-state index is -0.706. The molecule has 0 spiro atoms. The van der Waals surface area contributed by atoms with Gasteiger partial charge >= 0.3 is 0 Å². The van der Waals surface area contributed by atoms with Crippen molar-refractivity contribution in [2.24, 2.45) is 0 Å². The molecule has 4 atom stereocenters. The van der Waals surface area contributed by atoms with Gasteiger partial charge in [-0.3, -0.25) is 9.59 Å². The van der Waals surface area contributed by atoms with Gasteiger partial charge in [-0.25, -0.2) is 0 Å². The van der Waals surface area contributed by atoms with Crippen LogP contribution in [0.2, 0.25) is 0 Å². The normalized spacial score (nSPS) is 13.7. The predicted molar refractivity (Wildman–Crippen MR) is 214 cm³/mol. The van der Waals surface area contributed by atoms with Crippen LogP contribution in [0.1, 0.15) is 219 Å². The van der Waals surface area contributed by atoms with Crippen LogP contribution in [-0.4, -0.2) is 53.4 Å². The molecule has 0 amide bonds. The number of nitrogens with zero attached hydrogens (tertiary/aromatic N) is 1. The van der Waals surface area contributed by atoms with Crippen molar-refractivity contribution in [2.75, 3.05) is 21.1 Å². The number of unbranched alkanes of at least 4 members (excludes halogenated alkanes) is 28. The Morgan fingerprint density at radius 2 is 0.660 bits per heavy atom. The standard InChI is InChI=1S/C41H84NO3P2/c1-6-8-10-12-14-16-18-20-22-24-26-28-30-32-34-36-38(43)46-40(42(3,4)5)41(45)47-39(44)37-35-33-31-29-27-25-23-21-19-17-15-13-11-9-7-2/h40-41,45-47H,6-37H2,1-5H3/q+1. The van der Waals surface area contributed by atoms with Crippen molar-refractivity contribution in [3.63, 3.8) is 0 Å². The summed E-state index contributed by atoms with van der Waals surface area (Å²) in [5.74, 6) is -0.885. The lowest BCUT2D eigenvalue weighted by Gasteiger charge is -2.36. The van der Waals surface area contributed by atoms with E-state index in [4.69, 9.17) is 0 Å². The van der Waals surface area contributed by atoms with Crippen LogP contribution in [0.15, 0.2) is 0 Å². The van der Waals surface area contributed by atoms with E-state index in [2.05, 4.69) is 13.8 Å². The van der Waals surface area contributed by atoms with Crippen molar-refractivity contribution in [1.29, 1.82) is 0 Å². The second kappa shape index (κ2) is 34.6. The summed E-state index contributed by atoms with van der Waals surface area (Å²) in [4.78, 5) is 25.6. The number of aliphatic hydroxyl groups is 1. The van der Waals surface area contributed by atoms with E-state index in [1.54, 1.807) is 0 Å². The Kier molecular flexibility index (Phi) is 34.7. The predicted octanol–water partition coefficient (Wildman–Crippen LogP) is 13.3. The monoisotopic (exact) mass is 701 g/mol.